The third-order valence-electron chi connectivity index (χ3n) is 1.33. The number of aromatic nitrogens is 2. The predicted molar refractivity (Wildman–Crippen MR) is 36.5 cm³/mol. The molecule has 1 aromatic heterocycles. The van der Waals surface area contributed by atoms with Crippen LogP contribution in [0.1, 0.15) is 18.4 Å². The summed E-state index contributed by atoms with van der Waals surface area (Å²) in [7, 11) is 0. The highest BCUT2D eigenvalue weighted by Gasteiger charge is 1.96. The number of nitrogens with zero attached hydrogens (tertiary/aromatic N) is 2. The van der Waals surface area contributed by atoms with E-state index in [-0.39, 0.29) is 0 Å². The van der Waals surface area contributed by atoms with Crippen LogP contribution >= 0.6 is 0 Å². The van der Waals surface area contributed by atoms with Crippen molar-refractivity contribution in [3.05, 3.63) is 17.7 Å². The van der Waals surface area contributed by atoms with Crippen molar-refractivity contribution in [1.29, 1.82) is 0 Å². The number of imidazole rings is 1. The van der Waals surface area contributed by atoms with E-state index >= 15 is 0 Å². The van der Waals surface area contributed by atoms with Crippen molar-refractivity contribution in [2.24, 2.45) is 0 Å². The van der Waals surface area contributed by atoms with Gasteiger partial charge in [-0.2, -0.15) is 0 Å². The summed E-state index contributed by atoms with van der Waals surface area (Å²) in [5.41, 5.74) is 1.05. The van der Waals surface area contributed by atoms with Crippen LogP contribution in [0, 0.1) is 6.92 Å². The molecule has 3 heteroatoms. The van der Waals surface area contributed by atoms with Crippen LogP contribution < -0.4 is 5.84 Å². The Morgan fingerprint density at radius 2 is 2.44 bits per heavy atom. The number of aryl methyl sites for hydroxylation is 2. The molecule has 0 radical (unpaired) electrons. The van der Waals surface area contributed by atoms with Crippen LogP contribution in [0.3, 0.4) is 0 Å². The van der Waals surface area contributed by atoms with Crippen molar-refractivity contribution in [2.75, 3.05) is 5.84 Å². The number of nitrogen functional groups attached to an aromatic ring is 1. The molecule has 2 N–H and O–H groups in total. The zero-order valence-corrected chi connectivity index (χ0v) is 5.76. The van der Waals surface area contributed by atoms with E-state index < -0.39 is 0 Å². The Morgan fingerprint density at radius 1 is 1.78 bits per heavy atom. The molecule has 0 aliphatic heterocycles. The van der Waals surface area contributed by atoms with E-state index in [0.717, 1.165) is 17.9 Å². The van der Waals surface area contributed by atoms with Crippen LogP contribution in [0.25, 0.3) is 0 Å². The lowest BCUT2D eigenvalue weighted by Crippen LogP contribution is -2.07. The van der Waals surface area contributed by atoms with Gasteiger partial charge in [0.15, 0.2) is 0 Å². The Hall–Kier alpha value is -0.990. The van der Waals surface area contributed by atoms with Crippen molar-refractivity contribution in [1.82, 2.24) is 9.66 Å². The molecule has 0 aliphatic carbocycles. The molecule has 0 saturated heterocycles. The molecule has 0 aliphatic rings. The van der Waals surface area contributed by atoms with Gasteiger partial charge in [0.05, 0.1) is 5.69 Å². The lowest BCUT2D eigenvalue weighted by atomic mass is 10.4. The van der Waals surface area contributed by atoms with Crippen LogP contribution in [0.2, 0.25) is 0 Å². The SMILES string of the molecule is CCc1cn(N)c(C)n1. The average molecular weight is 125 g/mol. The van der Waals surface area contributed by atoms with Crippen molar-refractivity contribution in [3.8, 4) is 0 Å². The minimum absolute atomic E-state index is 0.867. The van der Waals surface area contributed by atoms with E-state index in [1.165, 1.54) is 0 Å². The van der Waals surface area contributed by atoms with Crippen LogP contribution in [-0.2, 0) is 6.42 Å². The summed E-state index contributed by atoms with van der Waals surface area (Å²) < 4.78 is 1.54. The monoisotopic (exact) mass is 125 g/mol. The quantitative estimate of drug-likeness (QED) is 0.554. The zero-order chi connectivity index (χ0) is 6.85. The van der Waals surface area contributed by atoms with Gasteiger partial charge in [-0.1, -0.05) is 6.92 Å². The second kappa shape index (κ2) is 2.09. The smallest absolute Gasteiger partial charge is 0.124 e. The summed E-state index contributed by atoms with van der Waals surface area (Å²) in [6.07, 6.45) is 2.79. The second-order valence-electron chi connectivity index (χ2n) is 2.04. The molecule has 1 rings (SSSR count). The first-order valence-electron chi connectivity index (χ1n) is 3.04. The molecule has 3 nitrogen and oxygen atoms in total. The maximum atomic E-state index is 5.47. The summed E-state index contributed by atoms with van der Waals surface area (Å²) in [4.78, 5) is 4.17. The lowest BCUT2D eigenvalue weighted by Gasteiger charge is -1.88. The van der Waals surface area contributed by atoms with Gasteiger partial charge in [-0.3, -0.25) is 4.68 Å². The van der Waals surface area contributed by atoms with E-state index in [9.17, 15) is 0 Å². The molecule has 0 amide bonds. The maximum absolute atomic E-state index is 5.47. The highest BCUT2D eigenvalue weighted by atomic mass is 15.3. The first-order chi connectivity index (χ1) is 4.24. The van der Waals surface area contributed by atoms with Crippen LogP contribution in [0.5, 0.6) is 0 Å². The fourth-order valence-corrected chi connectivity index (χ4v) is 0.719. The topological polar surface area (TPSA) is 43.8 Å². The summed E-state index contributed by atoms with van der Waals surface area (Å²) >= 11 is 0. The van der Waals surface area contributed by atoms with Crippen molar-refractivity contribution < 1.29 is 0 Å². The summed E-state index contributed by atoms with van der Waals surface area (Å²) in [5.74, 6) is 6.34. The fourth-order valence-electron chi connectivity index (χ4n) is 0.719. The van der Waals surface area contributed by atoms with Gasteiger partial charge < -0.3 is 5.84 Å². The van der Waals surface area contributed by atoms with E-state index in [4.69, 9.17) is 5.84 Å². The van der Waals surface area contributed by atoms with Crippen LogP contribution in [0.4, 0.5) is 0 Å². The van der Waals surface area contributed by atoms with Crippen molar-refractivity contribution in [3.63, 3.8) is 0 Å². The Morgan fingerprint density at radius 3 is 2.67 bits per heavy atom. The Labute approximate surface area is 54.5 Å². The van der Waals surface area contributed by atoms with Gasteiger partial charge in [0.2, 0.25) is 0 Å². The maximum Gasteiger partial charge on any atom is 0.124 e. The Balaban J connectivity index is 2.98. The number of hydrogen-bond acceptors (Lipinski definition) is 2. The third-order valence-corrected chi connectivity index (χ3v) is 1.33. The summed E-state index contributed by atoms with van der Waals surface area (Å²) in [6.45, 7) is 3.95. The molecule has 50 valence electrons. The largest absolute Gasteiger partial charge is 0.338 e. The van der Waals surface area contributed by atoms with Gasteiger partial charge >= 0.3 is 0 Å². The van der Waals surface area contributed by atoms with Gasteiger partial charge in [-0.25, -0.2) is 4.98 Å². The molecule has 0 saturated carbocycles. The molecular weight excluding hydrogens is 114 g/mol. The summed E-state index contributed by atoms with van der Waals surface area (Å²) in [6, 6.07) is 0. The average Bonchev–Trinajstić information content (AvgIpc) is 2.13. The van der Waals surface area contributed by atoms with Crippen molar-refractivity contribution in [2.45, 2.75) is 20.3 Å². The first-order valence-corrected chi connectivity index (χ1v) is 3.04. The first kappa shape index (κ1) is 6.13. The molecular formula is C6H11N3. The van der Waals surface area contributed by atoms with Gasteiger partial charge in [0.1, 0.15) is 5.82 Å². The lowest BCUT2D eigenvalue weighted by molar-refractivity contribution is 0.927. The van der Waals surface area contributed by atoms with Gasteiger partial charge in [-0.15, -0.1) is 0 Å². The zero-order valence-electron chi connectivity index (χ0n) is 5.76. The standard InChI is InChI=1S/C6H11N3/c1-3-6-4-9(7)5(2)8-6/h4H,3,7H2,1-2H3. The van der Waals surface area contributed by atoms with E-state index in [0.29, 0.717) is 0 Å². The Bertz CT molecular complexity index is 183. The molecule has 0 spiro atoms. The number of nitrogens with two attached hydrogens (primary N) is 1. The third kappa shape index (κ3) is 1.04. The minimum atomic E-state index is 0.867. The van der Waals surface area contributed by atoms with E-state index in [2.05, 4.69) is 11.9 Å². The van der Waals surface area contributed by atoms with E-state index in [1.54, 1.807) is 4.68 Å². The normalized spacial score (nSPS) is 10.0. The Kier molecular flexibility index (Phi) is 1.42. The molecule has 0 unspecified atom stereocenters. The molecule has 1 heterocycles. The van der Waals surface area contributed by atoms with Gasteiger partial charge in [0, 0.05) is 6.20 Å². The number of hydrogen-bond donors (Lipinski definition) is 1. The minimum Gasteiger partial charge on any atom is -0.338 e. The second-order valence-corrected chi connectivity index (χ2v) is 2.04. The predicted octanol–water partition coefficient (Wildman–Crippen LogP) is 0.468. The molecule has 9 heavy (non-hydrogen) atoms. The van der Waals surface area contributed by atoms with E-state index in [1.807, 2.05) is 13.1 Å². The van der Waals surface area contributed by atoms with Gasteiger partial charge in [-0.05, 0) is 13.3 Å². The molecule has 0 bridgehead atoms. The summed E-state index contributed by atoms with van der Waals surface area (Å²) in [5, 5.41) is 0. The van der Waals surface area contributed by atoms with Crippen LogP contribution in [-0.4, -0.2) is 9.66 Å². The molecule has 0 fully saturated rings. The highest BCUT2D eigenvalue weighted by Crippen LogP contribution is 1.97. The highest BCUT2D eigenvalue weighted by molar-refractivity contribution is 5.02. The van der Waals surface area contributed by atoms with Crippen molar-refractivity contribution >= 4 is 0 Å². The van der Waals surface area contributed by atoms with Gasteiger partial charge in [0.25, 0.3) is 0 Å². The number of rotatable bonds is 1. The molecule has 0 atom stereocenters. The van der Waals surface area contributed by atoms with Crippen LogP contribution in [0.15, 0.2) is 6.20 Å². The molecule has 1 aromatic rings. The molecule has 0 aromatic carbocycles. The fraction of sp³-hybridized carbons (Fsp3) is 0.500.